The van der Waals surface area contributed by atoms with Crippen molar-refractivity contribution in [2.45, 2.75) is 19.8 Å². The standard InChI is InChI=1S/C17H16N2O3/c1-11-2-3-12(10-14(11)20)4-5-13-6-7-15-18-8-9-19(15)16(13)17(21)22/h2-3,6-10,20H,4-5H2,1H3,(H,21,22). The van der Waals surface area contributed by atoms with E-state index < -0.39 is 5.97 Å². The van der Waals surface area contributed by atoms with Crippen molar-refractivity contribution in [3.63, 3.8) is 0 Å². The summed E-state index contributed by atoms with van der Waals surface area (Å²) < 4.78 is 1.59. The fourth-order valence-corrected chi connectivity index (χ4v) is 2.57. The van der Waals surface area contributed by atoms with Crippen LogP contribution in [0.25, 0.3) is 5.65 Å². The summed E-state index contributed by atoms with van der Waals surface area (Å²) in [6.45, 7) is 1.84. The molecule has 3 aromatic rings. The quantitative estimate of drug-likeness (QED) is 0.776. The minimum atomic E-state index is -0.967. The van der Waals surface area contributed by atoms with Gasteiger partial charge in [-0.1, -0.05) is 18.2 Å². The number of carbonyl (C=O) groups is 1. The number of phenols is 1. The normalized spacial score (nSPS) is 11.0. The highest BCUT2D eigenvalue weighted by Gasteiger charge is 2.15. The van der Waals surface area contributed by atoms with E-state index in [0.717, 1.165) is 16.7 Å². The molecule has 22 heavy (non-hydrogen) atoms. The number of aryl methyl sites for hydroxylation is 3. The zero-order chi connectivity index (χ0) is 15.7. The van der Waals surface area contributed by atoms with E-state index in [2.05, 4.69) is 4.98 Å². The number of benzene rings is 1. The number of rotatable bonds is 4. The average molecular weight is 296 g/mol. The van der Waals surface area contributed by atoms with Gasteiger partial charge in [0.05, 0.1) is 0 Å². The highest BCUT2D eigenvalue weighted by atomic mass is 16.4. The van der Waals surface area contributed by atoms with E-state index in [1.165, 1.54) is 0 Å². The maximum Gasteiger partial charge on any atom is 0.353 e. The fourth-order valence-electron chi connectivity index (χ4n) is 2.57. The second kappa shape index (κ2) is 5.52. The summed E-state index contributed by atoms with van der Waals surface area (Å²) in [7, 11) is 0. The van der Waals surface area contributed by atoms with Gasteiger partial charge in [0.1, 0.15) is 17.1 Å². The summed E-state index contributed by atoms with van der Waals surface area (Å²) >= 11 is 0. The molecule has 112 valence electrons. The molecule has 0 aliphatic carbocycles. The Morgan fingerprint density at radius 3 is 2.77 bits per heavy atom. The molecule has 0 spiro atoms. The molecule has 2 aromatic heterocycles. The molecule has 5 nitrogen and oxygen atoms in total. The number of carboxylic acid groups (broad SMARTS) is 1. The molecule has 3 rings (SSSR count). The van der Waals surface area contributed by atoms with E-state index in [9.17, 15) is 15.0 Å². The first-order valence-corrected chi connectivity index (χ1v) is 7.03. The predicted molar refractivity (Wildman–Crippen MR) is 82.4 cm³/mol. The summed E-state index contributed by atoms with van der Waals surface area (Å²) in [6.07, 6.45) is 4.48. The van der Waals surface area contributed by atoms with Crippen molar-refractivity contribution >= 4 is 11.6 Å². The van der Waals surface area contributed by atoms with Gasteiger partial charge in [0.25, 0.3) is 0 Å². The molecule has 0 radical (unpaired) electrons. The van der Waals surface area contributed by atoms with Crippen LogP contribution in [0.4, 0.5) is 0 Å². The van der Waals surface area contributed by atoms with E-state index in [-0.39, 0.29) is 11.4 Å². The van der Waals surface area contributed by atoms with Crippen molar-refractivity contribution in [2.75, 3.05) is 0 Å². The summed E-state index contributed by atoms with van der Waals surface area (Å²) in [5, 5.41) is 19.2. The first-order chi connectivity index (χ1) is 10.6. The van der Waals surface area contributed by atoms with Crippen molar-refractivity contribution in [2.24, 2.45) is 0 Å². The zero-order valence-corrected chi connectivity index (χ0v) is 12.2. The van der Waals surface area contributed by atoms with E-state index in [1.54, 1.807) is 28.9 Å². The molecule has 1 aromatic carbocycles. The zero-order valence-electron chi connectivity index (χ0n) is 12.2. The Labute approximate surface area is 127 Å². The van der Waals surface area contributed by atoms with Gasteiger partial charge in [-0.05, 0) is 48.6 Å². The Morgan fingerprint density at radius 2 is 2.05 bits per heavy atom. The molecular formula is C17H16N2O3. The van der Waals surface area contributed by atoms with Crippen LogP contribution in [0, 0.1) is 6.92 Å². The number of carboxylic acids is 1. The van der Waals surface area contributed by atoms with Crippen molar-refractivity contribution in [1.82, 2.24) is 9.38 Å². The van der Waals surface area contributed by atoms with E-state index in [4.69, 9.17) is 0 Å². The lowest BCUT2D eigenvalue weighted by molar-refractivity contribution is 0.0687. The number of aromatic hydroxyl groups is 1. The highest BCUT2D eigenvalue weighted by molar-refractivity contribution is 5.88. The Bertz CT molecular complexity index is 852. The van der Waals surface area contributed by atoms with Crippen molar-refractivity contribution in [1.29, 1.82) is 0 Å². The van der Waals surface area contributed by atoms with Crippen LogP contribution in [0.15, 0.2) is 42.7 Å². The molecule has 0 saturated carbocycles. The number of hydrogen-bond donors (Lipinski definition) is 2. The number of phenolic OH excluding ortho intramolecular Hbond substituents is 1. The van der Waals surface area contributed by atoms with Crippen molar-refractivity contribution < 1.29 is 15.0 Å². The van der Waals surface area contributed by atoms with Crippen LogP contribution < -0.4 is 0 Å². The summed E-state index contributed by atoms with van der Waals surface area (Å²) in [6, 6.07) is 9.16. The third-order valence-electron chi connectivity index (χ3n) is 3.81. The Hall–Kier alpha value is -2.82. The Balaban J connectivity index is 1.91. The van der Waals surface area contributed by atoms with Crippen molar-refractivity contribution in [3.8, 4) is 5.75 Å². The smallest absolute Gasteiger partial charge is 0.353 e. The van der Waals surface area contributed by atoms with E-state index >= 15 is 0 Å². The molecule has 0 aliphatic heterocycles. The van der Waals surface area contributed by atoms with Gasteiger partial charge in [0, 0.05) is 12.4 Å². The van der Waals surface area contributed by atoms with Gasteiger partial charge >= 0.3 is 5.97 Å². The van der Waals surface area contributed by atoms with E-state index in [0.29, 0.717) is 18.5 Å². The summed E-state index contributed by atoms with van der Waals surface area (Å²) in [4.78, 5) is 15.7. The SMILES string of the molecule is Cc1ccc(CCc2ccc3nccn3c2C(=O)O)cc1O. The molecule has 0 aliphatic rings. The van der Waals surface area contributed by atoms with Crippen LogP contribution in [0.3, 0.4) is 0 Å². The minimum absolute atomic E-state index is 0.242. The molecular weight excluding hydrogens is 280 g/mol. The Morgan fingerprint density at radius 1 is 1.23 bits per heavy atom. The molecule has 0 saturated heterocycles. The van der Waals surface area contributed by atoms with E-state index in [1.807, 2.05) is 25.1 Å². The van der Waals surface area contributed by atoms with Gasteiger partial charge < -0.3 is 10.2 Å². The predicted octanol–water partition coefficient (Wildman–Crippen LogP) is 2.83. The maximum atomic E-state index is 11.6. The maximum absolute atomic E-state index is 11.6. The van der Waals surface area contributed by atoms with Crippen LogP contribution in [-0.2, 0) is 12.8 Å². The monoisotopic (exact) mass is 296 g/mol. The number of fused-ring (bicyclic) bond motifs is 1. The third kappa shape index (κ3) is 2.53. The fraction of sp³-hybridized carbons (Fsp3) is 0.176. The van der Waals surface area contributed by atoms with Crippen molar-refractivity contribution in [3.05, 3.63) is 65.1 Å². The summed E-state index contributed by atoms with van der Waals surface area (Å²) in [5.41, 5.74) is 3.42. The van der Waals surface area contributed by atoms with Gasteiger partial charge in [0.15, 0.2) is 0 Å². The number of aromatic nitrogens is 2. The number of imidazole rings is 1. The van der Waals surface area contributed by atoms with Gasteiger partial charge in [-0.2, -0.15) is 0 Å². The molecule has 2 N–H and O–H groups in total. The Kier molecular flexibility index (Phi) is 3.55. The highest BCUT2D eigenvalue weighted by Crippen LogP contribution is 2.20. The number of pyridine rings is 1. The molecule has 5 heteroatoms. The first-order valence-electron chi connectivity index (χ1n) is 7.03. The van der Waals surface area contributed by atoms with Gasteiger partial charge in [0.2, 0.25) is 0 Å². The van der Waals surface area contributed by atoms with Gasteiger partial charge in [-0.15, -0.1) is 0 Å². The average Bonchev–Trinajstić information content (AvgIpc) is 2.95. The van der Waals surface area contributed by atoms with Gasteiger partial charge in [-0.25, -0.2) is 9.78 Å². The summed E-state index contributed by atoms with van der Waals surface area (Å²) in [5.74, 6) is -0.702. The molecule has 0 atom stereocenters. The number of aromatic carboxylic acids is 1. The largest absolute Gasteiger partial charge is 0.508 e. The third-order valence-corrected chi connectivity index (χ3v) is 3.81. The lowest BCUT2D eigenvalue weighted by Gasteiger charge is -2.09. The second-order valence-corrected chi connectivity index (χ2v) is 5.29. The minimum Gasteiger partial charge on any atom is -0.508 e. The number of nitrogens with zero attached hydrogens (tertiary/aromatic N) is 2. The van der Waals surface area contributed by atoms with Crippen LogP contribution in [0.1, 0.15) is 27.2 Å². The number of hydrogen-bond acceptors (Lipinski definition) is 3. The molecule has 0 bridgehead atoms. The first kappa shape index (κ1) is 14.1. The molecule has 0 unspecified atom stereocenters. The second-order valence-electron chi connectivity index (χ2n) is 5.29. The van der Waals surface area contributed by atoms with Crippen LogP contribution in [-0.4, -0.2) is 25.6 Å². The van der Waals surface area contributed by atoms with Gasteiger partial charge in [-0.3, -0.25) is 4.40 Å². The molecule has 0 amide bonds. The molecule has 2 heterocycles. The topological polar surface area (TPSA) is 74.8 Å². The molecule has 0 fully saturated rings. The lowest BCUT2D eigenvalue weighted by Crippen LogP contribution is -2.10. The lowest BCUT2D eigenvalue weighted by atomic mass is 10.0. The van der Waals surface area contributed by atoms with Crippen LogP contribution in [0.5, 0.6) is 5.75 Å². The van der Waals surface area contributed by atoms with Crippen LogP contribution >= 0.6 is 0 Å². The van der Waals surface area contributed by atoms with Crippen LogP contribution in [0.2, 0.25) is 0 Å².